The molecule has 1 amide bonds. The number of benzene rings is 1. The maximum atomic E-state index is 12.2. The van der Waals surface area contributed by atoms with Gasteiger partial charge in [-0.05, 0) is 24.8 Å². The van der Waals surface area contributed by atoms with Crippen LogP contribution in [0.3, 0.4) is 0 Å². The number of aromatic nitrogens is 2. The number of amides is 1. The molecule has 1 saturated heterocycles. The van der Waals surface area contributed by atoms with Crippen molar-refractivity contribution >= 4 is 11.7 Å². The highest BCUT2D eigenvalue weighted by molar-refractivity contribution is 5.92. The third-order valence-corrected chi connectivity index (χ3v) is 4.34. The van der Waals surface area contributed by atoms with E-state index in [9.17, 15) is 4.79 Å². The standard InChI is InChI=1S/C19H24N4O/c24-19(20-11-10-16-8-4-3-5-9-16)17-14-22-18(15-21-17)23-12-6-1-2-7-13-23/h3-5,8-9,14-15H,1-2,6-7,10-13H2,(H,20,24). The van der Waals surface area contributed by atoms with Crippen LogP contribution in [0.5, 0.6) is 0 Å². The lowest BCUT2D eigenvalue weighted by Crippen LogP contribution is -2.28. The highest BCUT2D eigenvalue weighted by Crippen LogP contribution is 2.16. The molecule has 1 aromatic carbocycles. The highest BCUT2D eigenvalue weighted by Gasteiger charge is 2.13. The van der Waals surface area contributed by atoms with Gasteiger partial charge in [-0.3, -0.25) is 4.79 Å². The summed E-state index contributed by atoms with van der Waals surface area (Å²) in [7, 11) is 0. The topological polar surface area (TPSA) is 58.1 Å². The van der Waals surface area contributed by atoms with Crippen LogP contribution in [0.15, 0.2) is 42.7 Å². The van der Waals surface area contributed by atoms with E-state index in [0.717, 1.165) is 25.3 Å². The lowest BCUT2D eigenvalue weighted by Gasteiger charge is -2.20. The van der Waals surface area contributed by atoms with Crippen molar-refractivity contribution in [2.75, 3.05) is 24.5 Å². The molecule has 1 aromatic heterocycles. The van der Waals surface area contributed by atoms with Crippen LogP contribution in [0.1, 0.15) is 41.7 Å². The van der Waals surface area contributed by atoms with Crippen molar-refractivity contribution in [1.82, 2.24) is 15.3 Å². The van der Waals surface area contributed by atoms with Crippen LogP contribution in [0.25, 0.3) is 0 Å². The zero-order chi connectivity index (χ0) is 16.6. The molecule has 2 aromatic rings. The molecule has 0 atom stereocenters. The molecule has 2 heterocycles. The Morgan fingerprint density at radius 2 is 1.75 bits per heavy atom. The Balaban J connectivity index is 1.51. The molecule has 1 fully saturated rings. The normalized spacial score (nSPS) is 14.9. The highest BCUT2D eigenvalue weighted by atomic mass is 16.1. The maximum absolute atomic E-state index is 12.2. The molecule has 1 aliphatic heterocycles. The van der Waals surface area contributed by atoms with Crippen molar-refractivity contribution in [2.24, 2.45) is 0 Å². The van der Waals surface area contributed by atoms with Crippen LogP contribution in [-0.4, -0.2) is 35.5 Å². The Morgan fingerprint density at radius 1 is 1.00 bits per heavy atom. The summed E-state index contributed by atoms with van der Waals surface area (Å²) in [4.78, 5) is 23.1. The van der Waals surface area contributed by atoms with E-state index in [2.05, 4.69) is 32.3 Å². The molecule has 0 aliphatic carbocycles. The van der Waals surface area contributed by atoms with E-state index in [1.807, 2.05) is 18.2 Å². The third-order valence-electron chi connectivity index (χ3n) is 4.34. The molecular formula is C19H24N4O. The summed E-state index contributed by atoms with van der Waals surface area (Å²) in [6.07, 6.45) is 9.08. The fraction of sp³-hybridized carbons (Fsp3) is 0.421. The Morgan fingerprint density at radius 3 is 2.42 bits per heavy atom. The molecule has 5 heteroatoms. The van der Waals surface area contributed by atoms with Crippen LogP contribution >= 0.6 is 0 Å². The minimum atomic E-state index is -0.166. The predicted molar refractivity (Wildman–Crippen MR) is 95.2 cm³/mol. The first-order valence-electron chi connectivity index (χ1n) is 8.72. The van der Waals surface area contributed by atoms with E-state index in [4.69, 9.17) is 0 Å². The van der Waals surface area contributed by atoms with Gasteiger partial charge >= 0.3 is 0 Å². The van der Waals surface area contributed by atoms with Gasteiger partial charge in [0.1, 0.15) is 11.5 Å². The van der Waals surface area contributed by atoms with E-state index in [-0.39, 0.29) is 5.91 Å². The summed E-state index contributed by atoms with van der Waals surface area (Å²) in [5, 5.41) is 2.90. The molecule has 1 N–H and O–H groups in total. The van der Waals surface area contributed by atoms with Gasteiger partial charge in [0.25, 0.3) is 5.91 Å². The third kappa shape index (κ3) is 4.54. The van der Waals surface area contributed by atoms with Crippen LogP contribution in [0.2, 0.25) is 0 Å². The van der Waals surface area contributed by atoms with E-state index >= 15 is 0 Å². The van der Waals surface area contributed by atoms with Gasteiger partial charge in [0.05, 0.1) is 12.4 Å². The first-order valence-corrected chi connectivity index (χ1v) is 8.72. The SMILES string of the molecule is O=C(NCCc1ccccc1)c1cnc(N2CCCCCC2)cn1. The van der Waals surface area contributed by atoms with Crippen molar-refractivity contribution < 1.29 is 4.79 Å². The van der Waals surface area contributed by atoms with E-state index < -0.39 is 0 Å². The van der Waals surface area contributed by atoms with Crippen molar-refractivity contribution in [3.63, 3.8) is 0 Å². The summed E-state index contributed by atoms with van der Waals surface area (Å²) < 4.78 is 0. The first-order chi connectivity index (χ1) is 11.8. The molecule has 0 saturated carbocycles. The van der Waals surface area contributed by atoms with Crippen LogP contribution in [0.4, 0.5) is 5.82 Å². The van der Waals surface area contributed by atoms with Crippen molar-refractivity contribution in [3.8, 4) is 0 Å². The second-order valence-electron chi connectivity index (χ2n) is 6.15. The first kappa shape index (κ1) is 16.4. The number of nitrogens with zero attached hydrogens (tertiary/aromatic N) is 3. The molecule has 0 radical (unpaired) electrons. The zero-order valence-corrected chi connectivity index (χ0v) is 13.9. The summed E-state index contributed by atoms with van der Waals surface area (Å²) in [6, 6.07) is 10.1. The van der Waals surface area contributed by atoms with Crippen LogP contribution < -0.4 is 10.2 Å². The number of hydrogen-bond donors (Lipinski definition) is 1. The average Bonchev–Trinajstić information content (AvgIpc) is 2.92. The Labute approximate surface area is 143 Å². The summed E-state index contributed by atoms with van der Waals surface area (Å²) in [6.45, 7) is 2.65. The fourth-order valence-electron chi connectivity index (χ4n) is 2.96. The van der Waals surface area contributed by atoms with Gasteiger partial charge in [0, 0.05) is 19.6 Å². The van der Waals surface area contributed by atoms with Crippen LogP contribution in [-0.2, 0) is 6.42 Å². The van der Waals surface area contributed by atoms with Gasteiger partial charge in [-0.25, -0.2) is 9.97 Å². The van der Waals surface area contributed by atoms with Crippen molar-refractivity contribution in [3.05, 3.63) is 54.0 Å². The molecule has 0 spiro atoms. The molecule has 0 unspecified atom stereocenters. The largest absolute Gasteiger partial charge is 0.355 e. The lowest BCUT2D eigenvalue weighted by molar-refractivity contribution is 0.0949. The van der Waals surface area contributed by atoms with Gasteiger partial charge in [-0.1, -0.05) is 43.2 Å². The molecule has 24 heavy (non-hydrogen) atoms. The molecule has 5 nitrogen and oxygen atoms in total. The number of anilines is 1. The van der Waals surface area contributed by atoms with Gasteiger partial charge in [-0.2, -0.15) is 0 Å². The number of carbonyl (C=O) groups is 1. The molecule has 0 bridgehead atoms. The molecular weight excluding hydrogens is 300 g/mol. The number of nitrogens with one attached hydrogen (secondary N) is 1. The summed E-state index contributed by atoms with van der Waals surface area (Å²) >= 11 is 0. The lowest BCUT2D eigenvalue weighted by atomic mass is 10.1. The minimum Gasteiger partial charge on any atom is -0.355 e. The molecule has 3 rings (SSSR count). The van der Waals surface area contributed by atoms with E-state index in [1.54, 1.807) is 12.4 Å². The molecule has 126 valence electrons. The summed E-state index contributed by atoms with van der Waals surface area (Å²) in [5.41, 5.74) is 1.59. The zero-order valence-electron chi connectivity index (χ0n) is 13.9. The van der Waals surface area contributed by atoms with Gasteiger partial charge < -0.3 is 10.2 Å². The Hall–Kier alpha value is -2.43. The fourth-order valence-corrected chi connectivity index (χ4v) is 2.96. The quantitative estimate of drug-likeness (QED) is 0.919. The van der Waals surface area contributed by atoms with Gasteiger partial charge in [0.2, 0.25) is 0 Å². The van der Waals surface area contributed by atoms with Gasteiger partial charge in [0.15, 0.2) is 0 Å². The monoisotopic (exact) mass is 324 g/mol. The van der Waals surface area contributed by atoms with E-state index in [1.165, 1.54) is 31.2 Å². The number of carbonyl (C=O) groups excluding carboxylic acids is 1. The minimum absolute atomic E-state index is 0.166. The smallest absolute Gasteiger partial charge is 0.271 e. The Kier molecular flexibility index (Phi) is 5.77. The van der Waals surface area contributed by atoms with Gasteiger partial charge in [-0.15, -0.1) is 0 Å². The second kappa shape index (κ2) is 8.43. The predicted octanol–water partition coefficient (Wildman–Crippen LogP) is 2.83. The average molecular weight is 324 g/mol. The number of rotatable bonds is 5. The van der Waals surface area contributed by atoms with Crippen LogP contribution in [0, 0.1) is 0 Å². The van der Waals surface area contributed by atoms with E-state index in [0.29, 0.717) is 12.2 Å². The maximum Gasteiger partial charge on any atom is 0.271 e. The second-order valence-corrected chi connectivity index (χ2v) is 6.15. The van der Waals surface area contributed by atoms with Crippen molar-refractivity contribution in [1.29, 1.82) is 0 Å². The number of hydrogen-bond acceptors (Lipinski definition) is 4. The summed E-state index contributed by atoms with van der Waals surface area (Å²) in [5.74, 6) is 0.707. The van der Waals surface area contributed by atoms with Crippen molar-refractivity contribution in [2.45, 2.75) is 32.1 Å². The Bertz CT molecular complexity index is 634. The molecule has 1 aliphatic rings.